The smallest absolute Gasteiger partial charge is 0.191 e. The molecule has 0 saturated carbocycles. The van der Waals surface area contributed by atoms with Crippen LogP contribution >= 0.6 is 11.8 Å². The fraction of sp³-hybridized carbons (Fsp3) is 0.286. The molecule has 7 heteroatoms. The summed E-state index contributed by atoms with van der Waals surface area (Å²) >= 11 is 1.38. The van der Waals surface area contributed by atoms with E-state index in [4.69, 9.17) is 9.47 Å². The molecule has 0 atom stereocenters. The quantitative estimate of drug-likeness (QED) is 0.418. The summed E-state index contributed by atoms with van der Waals surface area (Å²) in [5.41, 5.74) is 2.78. The number of aromatic nitrogens is 3. The summed E-state index contributed by atoms with van der Waals surface area (Å²) in [4.78, 5) is 12.6. The Hall–Kier alpha value is -2.80. The number of methoxy groups -OCH3 is 2. The topological polar surface area (TPSA) is 66.2 Å². The fourth-order valence-electron chi connectivity index (χ4n) is 2.82. The van der Waals surface area contributed by atoms with Crippen molar-refractivity contribution in [2.24, 2.45) is 0 Å². The van der Waals surface area contributed by atoms with Crippen LogP contribution in [0.5, 0.6) is 11.5 Å². The van der Waals surface area contributed by atoms with Crippen molar-refractivity contribution in [3.8, 4) is 22.9 Å². The predicted molar refractivity (Wildman–Crippen MR) is 110 cm³/mol. The van der Waals surface area contributed by atoms with Crippen LogP contribution in [0.3, 0.4) is 0 Å². The highest BCUT2D eigenvalue weighted by molar-refractivity contribution is 7.99. The van der Waals surface area contributed by atoms with Crippen molar-refractivity contribution >= 4 is 17.5 Å². The van der Waals surface area contributed by atoms with Crippen LogP contribution in [-0.4, -0.2) is 40.5 Å². The molecule has 0 bridgehead atoms. The van der Waals surface area contributed by atoms with E-state index in [9.17, 15) is 4.79 Å². The minimum Gasteiger partial charge on any atom is -0.493 e. The molecule has 1 aromatic heterocycles. The number of thioether (sulfide) groups is 1. The van der Waals surface area contributed by atoms with Crippen LogP contribution < -0.4 is 9.47 Å². The van der Waals surface area contributed by atoms with Crippen LogP contribution in [0.25, 0.3) is 11.4 Å². The van der Waals surface area contributed by atoms with Crippen molar-refractivity contribution in [2.75, 3.05) is 20.0 Å². The average molecular weight is 398 g/mol. The molecule has 3 rings (SSSR count). The van der Waals surface area contributed by atoms with Gasteiger partial charge >= 0.3 is 0 Å². The highest BCUT2D eigenvalue weighted by Gasteiger charge is 2.16. The van der Waals surface area contributed by atoms with Crippen LogP contribution in [0, 0.1) is 6.92 Å². The first-order valence-electron chi connectivity index (χ1n) is 8.95. The van der Waals surface area contributed by atoms with Crippen molar-refractivity contribution in [1.29, 1.82) is 0 Å². The second kappa shape index (κ2) is 8.93. The summed E-state index contributed by atoms with van der Waals surface area (Å²) in [5.74, 6) is 2.20. The number of ether oxygens (including phenoxy) is 2. The van der Waals surface area contributed by atoms with Gasteiger partial charge in [0.1, 0.15) is 0 Å². The van der Waals surface area contributed by atoms with E-state index in [0.29, 0.717) is 17.1 Å². The first-order chi connectivity index (χ1) is 13.6. The van der Waals surface area contributed by atoms with Gasteiger partial charge in [-0.05, 0) is 32.0 Å². The number of Topliss-reactive ketones (excluding diaryl/α,β-unsaturated/α-hetero) is 1. The third kappa shape index (κ3) is 4.20. The van der Waals surface area contributed by atoms with Crippen molar-refractivity contribution < 1.29 is 14.3 Å². The molecular weight excluding hydrogens is 374 g/mol. The number of hydrogen-bond donors (Lipinski definition) is 0. The van der Waals surface area contributed by atoms with Crippen LogP contribution in [0.4, 0.5) is 0 Å². The molecular formula is C21H23N3O3S. The molecule has 0 aliphatic heterocycles. The van der Waals surface area contributed by atoms with E-state index in [2.05, 4.69) is 29.3 Å². The number of carbonyl (C=O) groups is 1. The summed E-state index contributed by atoms with van der Waals surface area (Å²) < 4.78 is 12.5. The lowest BCUT2D eigenvalue weighted by Gasteiger charge is -2.09. The third-order valence-corrected chi connectivity index (χ3v) is 5.35. The summed E-state index contributed by atoms with van der Waals surface area (Å²) in [6.07, 6.45) is 0. The third-order valence-electron chi connectivity index (χ3n) is 4.38. The zero-order valence-corrected chi connectivity index (χ0v) is 17.2. The Balaban J connectivity index is 1.76. The molecule has 0 amide bonds. The van der Waals surface area contributed by atoms with E-state index in [1.807, 2.05) is 23.6 Å². The normalized spacial score (nSPS) is 10.7. The lowest BCUT2D eigenvalue weighted by atomic mass is 10.1. The molecule has 2 aromatic carbocycles. The maximum absolute atomic E-state index is 12.6. The van der Waals surface area contributed by atoms with Crippen LogP contribution in [0.1, 0.15) is 22.8 Å². The van der Waals surface area contributed by atoms with Crippen molar-refractivity contribution in [3.05, 3.63) is 53.6 Å². The highest BCUT2D eigenvalue weighted by atomic mass is 32.2. The Morgan fingerprint density at radius 3 is 2.39 bits per heavy atom. The number of rotatable bonds is 8. The Morgan fingerprint density at radius 1 is 1.04 bits per heavy atom. The van der Waals surface area contributed by atoms with Crippen molar-refractivity contribution in [3.63, 3.8) is 0 Å². The molecule has 6 nitrogen and oxygen atoms in total. The minimum absolute atomic E-state index is 0.00603. The molecule has 0 N–H and O–H groups in total. The average Bonchev–Trinajstić information content (AvgIpc) is 3.14. The fourth-order valence-corrected chi connectivity index (χ4v) is 3.72. The molecule has 0 fully saturated rings. The maximum Gasteiger partial charge on any atom is 0.191 e. The van der Waals surface area contributed by atoms with Crippen LogP contribution in [0.2, 0.25) is 0 Å². The molecule has 146 valence electrons. The Morgan fingerprint density at radius 2 is 1.75 bits per heavy atom. The molecule has 0 aliphatic carbocycles. The van der Waals surface area contributed by atoms with Gasteiger partial charge in [-0.25, -0.2) is 0 Å². The summed E-state index contributed by atoms with van der Waals surface area (Å²) in [6, 6.07) is 13.4. The zero-order valence-electron chi connectivity index (χ0n) is 16.4. The lowest BCUT2D eigenvalue weighted by Crippen LogP contribution is -2.06. The Kier molecular flexibility index (Phi) is 6.36. The van der Waals surface area contributed by atoms with E-state index in [0.717, 1.165) is 23.1 Å². The minimum atomic E-state index is -0.00603. The number of hydrogen-bond acceptors (Lipinski definition) is 6. The second-order valence-electron chi connectivity index (χ2n) is 6.20. The van der Waals surface area contributed by atoms with Crippen molar-refractivity contribution in [2.45, 2.75) is 25.5 Å². The van der Waals surface area contributed by atoms with E-state index >= 15 is 0 Å². The Bertz CT molecular complexity index is 968. The van der Waals surface area contributed by atoms with Gasteiger partial charge in [0.15, 0.2) is 28.3 Å². The maximum atomic E-state index is 12.6. The Labute approximate surface area is 168 Å². The largest absolute Gasteiger partial charge is 0.493 e. The zero-order chi connectivity index (χ0) is 20.1. The SMILES string of the molecule is CCn1c(SCC(=O)c2ccc(OC)c(OC)c2)nnc1-c1ccc(C)cc1. The van der Waals surface area contributed by atoms with Gasteiger partial charge in [0, 0.05) is 17.7 Å². The molecule has 0 aliphatic rings. The molecule has 0 radical (unpaired) electrons. The van der Waals surface area contributed by atoms with Gasteiger partial charge in [-0.3, -0.25) is 4.79 Å². The van der Waals surface area contributed by atoms with Crippen LogP contribution in [0.15, 0.2) is 47.6 Å². The number of carbonyl (C=O) groups excluding carboxylic acids is 1. The molecule has 3 aromatic rings. The standard InChI is InChI=1S/C21H23N3O3S/c1-5-24-20(15-8-6-14(2)7-9-15)22-23-21(24)28-13-17(25)16-10-11-18(26-3)19(12-16)27-4/h6-12H,5,13H2,1-4H3. The number of benzene rings is 2. The molecule has 28 heavy (non-hydrogen) atoms. The summed E-state index contributed by atoms with van der Waals surface area (Å²) in [6.45, 7) is 4.82. The van der Waals surface area contributed by atoms with E-state index in [1.165, 1.54) is 17.3 Å². The van der Waals surface area contributed by atoms with Gasteiger partial charge in [-0.1, -0.05) is 41.6 Å². The van der Waals surface area contributed by atoms with E-state index in [-0.39, 0.29) is 11.5 Å². The van der Waals surface area contributed by atoms with Gasteiger partial charge in [0.25, 0.3) is 0 Å². The van der Waals surface area contributed by atoms with Gasteiger partial charge in [-0.15, -0.1) is 10.2 Å². The second-order valence-corrected chi connectivity index (χ2v) is 7.14. The molecule has 0 spiro atoms. The van der Waals surface area contributed by atoms with Crippen molar-refractivity contribution in [1.82, 2.24) is 14.8 Å². The lowest BCUT2D eigenvalue weighted by molar-refractivity contribution is 0.102. The van der Waals surface area contributed by atoms with E-state index in [1.54, 1.807) is 32.4 Å². The molecule has 1 heterocycles. The highest BCUT2D eigenvalue weighted by Crippen LogP contribution is 2.29. The summed E-state index contributed by atoms with van der Waals surface area (Å²) in [5, 5.41) is 9.35. The van der Waals surface area contributed by atoms with Gasteiger partial charge in [0.05, 0.1) is 20.0 Å². The predicted octanol–water partition coefficient (Wildman–Crippen LogP) is 4.27. The molecule has 0 unspecified atom stereocenters. The first-order valence-corrected chi connectivity index (χ1v) is 9.94. The van der Waals surface area contributed by atoms with Gasteiger partial charge < -0.3 is 14.0 Å². The number of ketones is 1. The van der Waals surface area contributed by atoms with Crippen LogP contribution in [-0.2, 0) is 6.54 Å². The number of nitrogens with zero attached hydrogens (tertiary/aromatic N) is 3. The number of aryl methyl sites for hydroxylation is 1. The first kappa shape index (κ1) is 19.9. The van der Waals surface area contributed by atoms with Gasteiger partial charge in [0.2, 0.25) is 0 Å². The van der Waals surface area contributed by atoms with Gasteiger partial charge in [-0.2, -0.15) is 0 Å². The monoisotopic (exact) mass is 397 g/mol. The summed E-state index contributed by atoms with van der Waals surface area (Å²) in [7, 11) is 3.12. The molecule has 0 saturated heterocycles. The van der Waals surface area contributed by atoms with E-state index < -0.39 is 0 Å².